The summed E-state index contributed by atoms with van der Waals surface area (Å²) in [5.74, 6) is 0.0875. The van der Waals surface area contributed by atoms with Crippen molar-refractivity contribution in [2.45, 2.75) is 25.9 Å². The van der Waals surface area contributed by atoms with Gasteiger partial charge in [-0.3, -0.25) is 0 Å². The number of halogens is 4. The molecule has 0 N–H and O–H groups in total. The Hall–Kier alpha value is -2.64. The minimum Gasteiger partial charge on any atom is -0.356 e. The molecule has 2 aromatic heterocycles. The van der Waals surface area contributed by atoms with Crippen molar-refractivity contribution in [3.63, 3.8) is 0 Å². The summed E-state index contributed by atoms with van der Waals surface area (Å²) in [7, 11) is 0. The van der Waals surface area contributed by atoms with Crippen molar-refractivity contribution in [2.75, 3.05) is 18.0 Å². The average molecular weight is 364 g/mol. The zero-order valence-corrected chi connectivity index (χ0v) is 14.0. The van der Waals surface area contributed by atoms with Crippen molar-refractivity contribution in [1.29, 1.82) is 0 Å². The molecule has 0 bridgehead atoms. The third-order valence-corrected chi connectivity index (χ3v) is 4.53. The van der Waals surface area contributed by atoms with E-state index in [0.29, 0.717) is 11.5 Å². The van der Waals surface area contributed by atoms with Crippen LogP contribution in [-0.4, -0.2) is 27.7 Å². The lowest BCUT2D eigenvalue weighted by Gasteiger charge is -2.18. The van der Waals surface area contributed by atoms with E-state index in [0.717, 1.165) is 38.1 Å². The maximum absolute atomic E-state index is 13.7. The number of aromatic nitrogens is 3. The van der Waals surface area contributed by atoms with Crippen LogP contribution in [0.15, 0.2) is 30.3 Å². The minimum absolute atomic E-state index is 0.123. The van der Waals surface area contributed by atoms with Gasteiger partial charge in [-0.25, -0.2) is 9.37 Å². The molecule has 4 nitrogen and oxygen atoms in total. The Morgan fingerprint density at radius 3 is 2.31 bits per heavy atom. The molecule has 0 unspecified atom stereocenters. The maximum Gasteiger partial charge on any atom is 0.435 e. The highest BCUT2D eigenvalue weighted by atomic mass is 19.4. The van der Waals surface area contributed by atoms with Crippen LogP contribution in [0.5, 0.6) is 0 Å². The van der Waals surface area contributed by atoms with Gasteiger partial charge >= 0.3 is 6.18 Å². The van der Waals surface area contributed by atoms with Gasteiger partial charge < -0.3 is 4.90 Å². The fraction of sp³-hybridized carbons (Fsp3) is 0.333. The summed E-state index contributed by atoms with van der Waals surface area (Å²) >= 11 is 0. The van der Waals surface area contributed by atoms with E-state index in [1.54, 1.807) is 13.0 Å². The summed E-state index contributed by atoms with van der Waals surface area (Å²) in [6, 6.07) is 6.66. The SMILES string of the molecule is Cc1cc(N2CCCC2)n2nc(C(F)(F)F)c(-c3ccc(F)cc3)c2n1. The first kappa shape index (κ1) is 16.8. The molecule has 1 fully saturated rings. The van der Waals surface area contributed by atoms with Gasteiger partial charge in [0.25, 0.3) is 0 Å². The number of anilines is 1. The summed E-state index contributed by atoms with van der Waals surface area (Å²) in [5, 5.41) is 3.86. The van der Waals surface area contributed by atoms with Gasteiger partial charge in [-0.15, -0.1) is 0 Å². The van der Waals surface area contributed by atoms with Crippen molar-refractivity contribution in [3.05, 3.63) is 47.5 Å². The molecule has 0 atom stereocenters. The Balaban J connectivity index is 2.03. The molecule has 0 amide bonds. The molecule has 0 radical (unpaired) electrons. The summed E-state index contributed by atoms with van der Waals surface area (Å²) in [5.41, 5.74) is -0.161. The maximum atomic E-state index is 13.7. The van der Waals surface area contributed by atoms with Crippen LogP contribution in [0.25, 0.3) is 16.8 Å². The highest BCUT2D eigenvalue weighted by molar-refractivity contribution is 5.81. The monoisotopic (exact) mass is 364 g/mol. The van der Waals surface area contributed by atoms with Crippen LogP contribution in [0.3, 0.4) is 0 Å². The van der Waals surface area contributed by atoms with E-state index in [2.05, 4.69) is 10.1 Å². The largest absolute Gasteiger partial charge is 0.435 e. The molecule has 136 valence electrons. The first-order valence-electron chi connectivity index (χ1n) is 8.33. The standard InChI is InChI=1S/C18H16F4N4/c1-11-10-14(25-8-2-3-9-25)26-17(23-11)15(16(24-26)18(20,21)22)12-4-6-13(19)7-5-12/h4-7,10H,2-3,8-9H2,1H3. The average Bonchev–Trinajstić information content (AvgIpc) is 3.22. The predicted octanol–water partition coefficient (Wildman–Crippen LogP) is 4.46. The zero-order valence-electron chi connectivity index (χ0n) is 14.0. The number of nitrogens with zero attached hydrogens (tertiary/aromatic N) is 4. The molecule has 1 aliphatic heterocycles. The van der Waals surface area contributed by atoms with E-state index in [-0.39, 0.29) is 16.8 Å². The summed E-state index contributed by atoms with van der Waals surface area (Å²) in [6.07, 6.45) is -2.67. The normalized spacial score (nSPS) is 15.2. The van der Waals surface area contributed by atoms with Gasteiger partial charge in [-0.2, -0.15) is 22.8 Å². The Labute approximate surface area is 147 Å². The Morgan fingerprint density at radius 2 is 1.69 bits per heavy atom. The van der Waals surface area contributed by atoms with E-state index in [4.69, 9.17) is 0 Å². The quantitative estimate of drug-likeness (QED) is 0.630. The van der Waals surface area contributed by atoms with Gasteiger partial charge in [0.1, 0.15) is 11.6 Å². The first-order chi connectivity index (χ1) is 12.3. The smallest absolute Gasteiger partial charge is 0.356 e. The molecule has 0 aliphatic carbocycles. The highest BCUT2D eigenvalue weighted by Gasteiger charge is 2.39. The fourth-order valence-corrected chi connectivity index (χ4v) is 3.37. The predicted molar refractivity (Wildman–Crippen MR) is 89.6 cm³/mol. The van der Waals surface area contributed by atoms with Gasteiger partial charge in [0.05, 0.1) is 5.56 Å². The van der Waals surface area contributed by atoms with Crippen molar-refractivity contribution >= 4 is 11.5 Å². The Morgan fingerprint density at radius 1 is 1.04 bits per heavy atom. The molecule has 0 saturated carbocycles. The summed E-state index contributed by atoms with van der Waals surface area (Å²) in [4.78, 5) is 6.34. The van der Waals surface area contributed by atoms with E-state index < -0.39 is 17.7 Å². The molecule has 1 saturated heterocycles. The van der Waals surface area contributed by atoms with Crippen molar-refractivity contribution < 1.29 is 17.6 Å². The number of alkyl halides is 3. The number of benzene rings is 1. The van der Waals surface area contributed by atoms with Gasteiger partial charge in [-0.05, 0) is 37.5 Å². The number of hydrogen-bond acceptors (Lipinski definition) is 3. The second-order valence-electron chi connectivity index (χ2n) is 6.41. The second kappa shape index (κ2) is 5.96. The lowest BCUT2D eigenvalue weighted by molar-refractivity contribution is -0.140. The lowest BCUT2D eigenvalue weighted by atomic mass is 10.1. The van der Waals surface area contributed by atoms with Crippen molar-refractivity contribution in [1.82, 2.24) is 14.6 Å². The van der Waals surface area contributed by atoms with Gasteiger partial charge in [0, 0.05) is 24.8 Å². The first-order valence-corrected chi connectivity index (χ1v) is 8.33. The Kier molecular flexibility index (Phi) is 3.86. The minimum atomic E-state index is -4.65. The van der Waals surface area contributed by atoms with Crippen molar-refractivity contribution in [2.24, 2.45) is 0 Å². The fourth-order valence-electron chi connectivity index (χ4n) is 3.37. The lowest BCUT2D eigenvalue weighted by Crippen LogP contribution is -2.21. The molecular formula is C18H16F4N4. The number of hydrogen-bond donors (Lipinski definition) is 0. The number of fused-ring (bicyclic) bond motifs is 1. The summed E-state index contributed by atoms with van der Waals surface area (Å²) in [6.45, 7) is 3.28. The third-order valence-electron chi connectivity index (χ3n) is 4.53. The highest BCUT2D eigenvalue weighted by Crippen LogP contribution is 2.39. The van der Waals surface area contributed by atoms with Crippen LogP contribution in [0, 0.1) is 12.7 Å². The molecule has 8 heteroatoms. The van der Waals surface area contributed by atoms with Crippen LogP contribution >= 0.6 is 0 Å². The number of rotatable bonds is 2. The zero-order chi connectivity index (χ0) is 18.5. The van der Waals surface area contributed by atoms with E-state index >= 15 is 0 Å². The van der Waals surface area contributed by atoms with Crippen LogP contribution in [-0.2, 0) is 6.18 Å². The molecular weight excluding hydrogens is 348 g/mol. The van der Waals surface area contributed by atoms with Gasteiger partial charge in [0.2, 0.25) is 0 Å². The van der Waals surface area contributed by atoms with Gasteiger partial charge in [0.15, 0.2) is 11.3 Å². The third kappa shape index (κ3) is 2.79. The van der Waals surface area contributed by atoms with E-state index in [1.807, 2.05) is 4.90 Å². The van der Waals surface area contributed by atoms with Crippen LogP contribution in [0.4, 0.5) is 23.4 Å². The topological polar surface area (TPSA) is 33.4 Å². The molecule has 26 heavy (non-hydrogen) atoms. The second-order valence-corrected chi connectivity index (χ2v) is 6.41. The molecule has 0 spiro atoms. The molecule has 1 aliphatic rings. The summed E-state index contributed by atoms with van der Waals surface area (Å²) < 4.78 is 55.5. The van der Waals surface area contributed by atoms with Gasteiger partial charge in [-0.1, -0.05) is 12.1 Å². The molecule has 3 aromatic rings. The van der Waals surface area contributed by atoms with Crippen LogP contribution in [0.1, 0.15) is 24.2 Å². The Bertz CT molecular complexity index is 954. The van der Waals surface area contributed by atoms with E-state index in [9.17, 15) is 17.6 Å². The molecule has 4 rings (SSSR count). The number of aryl methyl sites for hydroxylation is 1. The van der Waals surface area contributed by atoms with Crippen LogP contribution in [0.2, 0.25) is 0 Å². The van der Waals surface area contributed by atoms with E-state index in [1.165, 1.54) is 16.6 Å². The molecule has 1 aromatic carbocycles. The molecule has 3 heterocycles. The van der Waals surface area contributed by atoms with Crippen molar-refractivity contribution in [3.8, 4) is 11.1 Å². The van der Waals surface area contributed by atoms with Crippen LogP contribution < -0.4 is 4.90 Å².